The average molecular weight is 406 g/mol. The Morgan fingerprint density at radius 3 is 2.08 bits per heavy atom. The van der Waals surface area contributed by atoms with Gasteiger partial charge in [0.05, 0.1) is 0 Å². The van der Waals surface area contributed by atoms with E-state index in [-0.39, 0.29) is 46.5 Å². The van der Waals surface area contributed by atoms with E-state index in [1.165, 1.54) is 33.2 Å². The number of allylic oxidation sites excluding steroid dienone is 4. The van der Waals surface area contributed by atoms with Crippen molar-refractivity contribution >= 4 is 10.8 Å². The summed E-state index contributed by atoms with van der Waals surface area (Å²) in [5, 5.41) is 2.60. The SMILES string of the molecule is CC1=[C-]CC(C)=C1C.[Cl-].[Cl-].[Ti+4].c1ccc2[cH-]c(-n3cccc3)cc2c1. The maximum atomic E-state index is 3.26. The number of rotatable bonds is 1. The summed E-state index contributed by atoms with van der Waals surface area (Å²) in [6.45, 7) is 6.44. The van der Waals surface area contributed by atoms with Gasteiger partial charge >= 0.3 is 21.7 Å². The second-order valence-electron chi connectivity index (χ2n) is 5.82. The molecule has 0 amide bonds. The van der Waals surface area contributed by atoms with Gasteiger partial charge in [-0.1, -0.05) is 19.9 Å². The molecule has 0 bridgehead atoms. The number of hydrogen-bond donors (Lipinski definition) is 0. The minimum absolute atomic E-state index is 0. The molecule has 0 N–H and O–H groups in total. The van der Waals surface area contributed by atoms with Crippen molar-refractivity contribution in [2.45, 2.75) is 27.2 Å². The van der Waals surface area contributed by atoms with Crippen LogP contribution in [0.5, 0.6) is 0 Å². The van der Waals surface area contributed by atoms with E-state index in [0.29, 0.717) is 0 Å². The van der Waals surface area contributed by atoms with Crippen molar-refractivity contribution in [2.75, 3.05) is 0 Å². The smallest absolute Gasteiger partial charge is 1.00 e. The Morgan fingerprint density at radius 1 is 0.960 bits per heavy atom. The van der Waals surface area contributed by atoms with E-state index < -0.39 is 0 Å². The van der Waals surface area contributed by atoms with Crippen molar-refractivity contribution in [3.8, 4) is 5.69 Å². The molecule has 0 radical (unpaired) electrons. The molecule has 0 saturated heterocycles. The Morgan fingerprint density at radius 2 is 1.60 bits per heavy atom. The molecule has 4 rings (SSSR count). The third kappa shape index (κ3) is 5.69. The van der Waals surface area contributed by atoms with E-state index in [1.54, 1.807) is 0 Å². The average Bonchev–Trinajstić information content (AvgIpc) is 3.24. The quantitative estimate of drug-likeness (QED) is 0.391. The molecule has 128 valence electrons. The van der Waals surface area contributed by atoms with Gasteiger partial charge in [-0.25, -0.2) is 5.57 Å². The van der Waals surface area contributed by atoms with E-state index in [1.807, 2.05) is 12.1 Å². The second kappa shape index (κ2) is 10.8. The van der Waals surface area contributed by atoms with Crippen LogP contribution in [0.1, 0.15) is 27.2 Å². The molecule has 1 aliphatic rings. The molecule has 0 aliphatic heterocycles. The maximum absolute atomic E-state index is 3.26. The monoisotopic (exact) mass is 405 g/mol. The van der Waals surface area contributed by atoms with Crippen LogP contribution in [0.25, 0.3) is 16.5 Å². The fourth-order valence-corrected chi connectivity index (χ4v) is 2.64. The van der Waals surface area contributed by atoms with Crippen LogP contribution in [0.15, 0.2) is 77.6 Å². The molecule has 0 atom stereocenters. The zero-order valence-electron chi connectivity index (χ0n) is 14.7. The molecular weight excluding hydrogens is 385 g/mol. The Labute approximate surface area is 177 Å². The molecule has 4 heteroatoms. The van der Waals surface area contributed by atoms with E-state index in [9.17, 15) is 0 Å². The van der Waals surface area contributed by atoms with E-state index in [2.05, 4.69) is 80.2 Å². The number of aromatic nitrogens is 1. The first kappa shape index (κ1) is 23.9. The zero-order valence-corrected chi connectivity index (χ0v) is 17.8. The Balaban J connectivity index is 0.000000462. The summed E-state index contributed by atoms with van der Waals surface area (Å²) in [4.78, 5) is 0. The van der Waals surface area contributed by atoms with Crippen molar-refractivity contribution in [1.82, 2.24) is 4.57 Å². The fourth-order valence-electron chi connectivity index (χ4n) is 2.64. The van der Waals surface area contributed by atoms with E-state index >= 15 is 0 Å². The summed E-state index contributed by atoms with van der Waals surface area (Å²) >= 11 is 0. The zero-order chi connectivity index (χ0) is 15.5. The number of nitrogens with zero attached hydrogens (tertiary/aromatic N) is 1. The predicted octanol–water partition coefficient (Wildman–Crippen LogP) is -0.169. The van der Waals surface area contributed by atoms with Crippen LogP contribution in [0.4, 0.5) is 0 Å². The van der Waals surface area contributed by atoms with Gasteiger partial charge in [0.25, 0.3) is 0 Å². The molecule has 1 nitrogen and oxygen atoms in total. The predicted molar refractivity (Wildman–Crippen MR) is 94.3 cm³/mol. The van der Waals surface area contributed by atoms with E-state index in [4.69, 9.17) is 0 Å². The van der Waals surface area contributed by atoms with Crippen LogP contribution < -0.4 is 24.8 Å². The topological polar surface area (TPSA) is 4.93 Å². The Hall–Kier alpha value is -1.12. The molecule has 0 saturated carbocycles. The van der Waals surface area contributed by atoms with Crippen molar-refractivity contribution < 1.29 is 46.5 Å². The first-order valence-corrected chi connectivity index (χ1v) is 7.68. The summed E-state index contributed by atoms with van der Waals surface area (Å²) in [5.74, 6) is 0. The van der Waals surface area contributed by atoms with Crippen molar-refractivity contribution in [1.29, 1.82) is 0 Å². The second-order valence-corrected chi connectivity index (χ2v) is 5.82. The van der Waals surface area contributed by atoms with Crippen LogP contribution in [-0.4, -0.2) is 4.57 Å². The van der Waals surface area contributed by atoms with Crippen LogP contribution in [0.3, 0.4) is 0 Å². The van der Waals surface area contributed by atoms with Crippen LogP contribution in [-0.2, 0) is 21.7 Å². The molecule has 3 aromatic rings. The summed E-state index contributed by atoms with van der Waals surface area (Å²) in [6, 6.07) is 16.9. The van der Waals surface area contributed by atoms with Gasteiger partial charge in [-0.3, -0.25) is 6.08 Å². The van der Waals surface area contributed by atoms with Crippen molar-refractivity contribution in [2.24, 2.45) is 0 Å². The van der Waals surface area contributed by atoms with Crippen LogP contribution in [0, 0.1) is 6.08 Å². The number of hydrogen-bond acceptors (Lipinski definition) is 0. The van der Waals surface area contributed by atoms with Gasteiger partial charge in [-0.05, 0) is 17.8 Å². The summed E-state index contributed by atoms with van der Waals surface area (Å²) in [5.41, 5.74) is 5.48. The number of halogens is 2. The number of benzene rings is 1. The normalized spacial score (nSPS) is 12.4. The van der Waals surface area contributed by atoms with Crippen molar-refractivity contribution in [3.63, 3.8) is 0 Å². The summed E-state index contributed by atoms with van der Waals surface area (Å²) in [7, 11) is 0. The summed E-state index contributed by atoms with van der Waals surface area (Å²) < 4.78 is 2.12. The first-order chi connectivity index (χ1) is 10.6. The largest absolute Gasteiger partial charge is 4.00 e. The minimum atomic E-state index is 0. The van der Waals surface area contributed by atoms with Crippen molar-refractivity contribution in [3.05, 3.63) is 83.7 Å². The number of fused-ring (bicyclic) bond motifs is 1. The van der Waals surface area contributed by atoms with Gasteiger partial charge in [0.1, 0.15) is 0 Å². The molecule has 2 aromatic carbocycles. The third-order valence-electron chi connectivity index (χ3n) is 4.33. The molecule has 1 aliphatic carbocycles. The van der Waals surface area contributed by atoms with Crippen LogP contribution in [0.2, 0.25) is 0 Å². The van der Waals surface area contributed by atoms with Gasteiger partial charge in [-0.2, -0.15) is 11.1 Å². The molecule has 1 aromatic heterocycles. The standard InChI is InChI=1S/C13H10N.C8H11.2ClH.Ti/c1-2-6-12-10-13(9-11(12)5-1)14-7-3-4-8-14;1-6-4-5-7(2)8(6)3;;;/h1-10H;4H2,1-3H3;2*1H;/q2*-1;;;+4/p-2. The molecule has 0 spiro atoms. The van der Waals surface area contributed by atoms with Gasteiger partial charge in [0, 0.05) is 12.4 Å². The van der Waals surface area contributed by atoms with Crippen LogP contribution >= 0.6 is 0 Å². The molecule has 25 heavy (non-hydrogen) atoms. The van der Waals surface area contributed by atoms with Gasteiger partial charge < -0.3 is 29.4 Å². The third-order valence-corrected chi connectivity index (χ3v) is 4.33. The Kier molecular flexibility index (Phi) is 10.3. The van der Waals surface area contributed by atoms with E-state index in [0.717, 1.165) is 6.42 Å². The maximum Gasteiger partial charge on any atom is 4.00 e. The molecule has 0 unspecified atom stereocenters. The Bertz CT molecular complexity index is 803. The first-order valence-electron chi connectivity index (χ1n) is 7.68. The minimum Gasteiger partial charge on any atom is -1.00 e. The molecule has 1 heterocycles. The fraction of sp³-hybridized carbons (Fsp3) is 0.190. The van der Waals surface area contributed by atoms with Gasteiger partial charge in [0.15, 0.2) is 0 Å². The van der Waals surface area contributed by atoms with Gasteiger partial charge in [0.2, 0.25) is 0 Å². The molecule has 0 fully saturated rings. The van der Waals surface area contributed by atoms with Gasteiger partial charge in [-0.15, -0.1) is 54.4 Å². The summed E-state index contributed by atoms with van der Waals surface area (Å²) in [6.07, 6.45) is 8.44. The molecular formula is C21H21Cl2NTi.